The highest BCUT2D eigenvalue weighted by Gasteiger charge is 2.00. The molecule has 0 aliphatic heterocycles. The number of benzene rings is 2. The Morgan fingerprint density at radius 2 is 1.38 bits per heavy atom. The summed E-state index contributed by atoms with van der Waals surface area (Å²) in [5.41, 5.74) is 2.46. The molecule has 1 nitrogen and oxygen atoms in total. The van der Waals surface area contributed by atoms with Crippen LogP contribution in [0, 0.1) is 0 Å². The minimum Gasteiger partial charge on any atom is -0.489 e. The quantitative estimate of drug-likeness (QED) is 0.629. The molecule has 0 heterocycles. The molecule has 0 fully saturated rings. The van der Waals surface area contributed by atoms with Crippen LogP contribution in [0.2, 0.25) is 0 Å². The lowest BCUT2D eigenvalue weighted by Gasteiger charge is -2.09. The van der Waals surface area contributed by atoms with Crippen LogP contribution in [0.3, 0.4) is 0 Å². The number of aryl methyl sites for hydroxylation is 1. The third-order valence-corrected chi connectivity index (χ3v) is 3.30. The van der Waals surface area contributed by atoms with E-state index in [-0.39, 0.29) is 0 Å². The van der Waals surface area contributed by atoms with Gasteiger partial charge in [-0.25, -0.2) is 0 Å². The van der Waals surface area contributed by atoms with Gasteiger partial charge in [0.05, 0.1) is 0 Å². The molecule has 0 aromatic heterocycles. The van der Waals surface area contributed by atoms with E-state index in [1.807, 2.05) is 36.4 Å². The predicted molar refractivity (Wildman–Crippen MR) is 91.8 cm³/mol. The molecule has 0 aliphatic carbocycles. The number of unbranched alkanes of at least 4 members (excludes halogenated alkanes) is 2. The monoisotopic (exact) mass is 284 g/mol. The van der Waals surface area contributed by atoms with Gasteiger partial charge in [0.15, 0.2) is 0 Å². The number of rotatable bonds is 6. The molecule has 114 valence electrons. The van der Waals surface area contributed by atoms with Crippen molar-refractivity contribution in [2.45, 2.75) is 53.1 Å². The summed E-state index contributed by atoms with van der Waals surface area (Å²) >= 11 is 0. The third-order valence-electron chi connectivity index (χ3n) is 3.30. The van der Waals surface area contributed by atoms with Crippen molar-refractivity contribution in [1.82, 2.24) is 0 Å². The van der Waals surface area contributed by atoms with Gasteiger partial charge in [-0.15, -0.1) is 0 Å². The van der Waals surface area contributed by atoms with E-state index < -0.39 is 0 Å². The molecule has 0 amide bonds. The van der Waals surface area contributed by atoms with Gasteiger partial charge >= 0.3 is 0 Å². The third kappa shape index (κ3) is 6.99. The Bertz CT molecular complexity index is 474. The molecule has 0 saturated carbocycles. The van der Waals surface area contributed by atoms with Crippen molar-refractivity contribution in [1.29, 1.82) is 0 Å². The normalized spacial score (nSPS) is 9.67. The van der Waals surface area contributed by atoms with E-state index in [2.05, 4.69) is 39.0 Å². The summed E-state index contributed by atoms with van der Waals surface area (Å²) in [6.45, 7) is 7.20. The molecule has 21 heavy (non-hydrogen) atoms. The van der Waals surface area contributed by atoms with Crippen LogP contribution in [0.15, 0.2) is 54.6 Å². The van der Waals surface area contributed by atoms with Crippen molar-refractivity contribution in [2.75, 3.05) is 0 Å². The molecule has 2 aromatic carbocycles. The summed E-state index contributed by atoms with van der Waals surface area (Å²) in [6.07, 6.45) is 5.08. The van der Waals surface area contributed by atoms with Crippen LogP contribution < -0.4 is 4.74 Å². The summed E-state index contributed by atoms with van der Waals surface area (Å²) in [7, 11) is 0. The summed E-state index contributed by atoms with van der Waals surface area (Å²) in [5, 5.41) is 0. The van der Waals surface area contributed by atoms with Crippen LogP contribution in [-0.2, 0) is 13.0 Å². The van der Waals surface area contributed by atoms with Gasteiger partial charge in [0.1, 0.15) is 12.4 Å². The van der Waals surface area contributed by atoms with Gasteiger partial charge < -0.3 is 4.74 Å². The fourth-order valence-corrected chi connectivity index (χ4v) is 2.03. The Labute approximate surface area is 130 Å². The van der Waals surface area contributed by atoms with Crippen LogP contribution in [0.1, 0.15) is 51.2 Å². The van der Waals surface area contributed by atoms with Gasteiger partial charge in [-0.1, -0.05) is 88.6 Å². The highest BCUT2D eigenvalue weighted by molar-refractivity contribution is 5.33. The fraction of sp³-hybridized carbons (Fsp3) is 0.400. The maximum absolute atomic E-state index is 5.81. The fourth-order valence-electron chi connectivity index (χ4n) is 2.03. The van der Waals surface area contributed by atoms with Crippen molar-refractivity contribution in [3.05, 3.63) is 65.7 Å². The molecule has 1 heteroatoms. The van der Waals surface area contributed by atoms with Gasteiger partial charge in [0, 0.05) is 0 Å². The SMILES string of the molecule is CCCCC.CCc1ccccc1OCc1ccccc1. The highest BCUT2D eigenvalue weighted by Crippen LogP contribution is 2.19. The maximum Gasteiger partial charge on any atom is 0.122 e. The summed E-state index contributed by atoms with van der Waals surface area (Å²) < 4.78 is 5.81. The molecule has 2 rings (SSSR count). The average Bonchev–Trinajstić information content (AvgIpc) is 2.55. The molecule has 0 saturated heterocycles. The van der Waals surface area contributed by atoms with E-state index in [1.165, 1.54) is 30.4 Å². The second-order valence-corrected chi connectivity index (χ2v) is 5.09. The lowest BCUT2D eigenvalue weighted by Crippen LogP contribution is -1.97. The molecule has 0 unspecified atom stereocenters. The van der Waals surface area contributed by atoms with Crippen molar-refractivity contribution in [3.63, 3.8) is 0 Å². The second kappa shape index (κ2) is 11.0. The molecule has 0 aliphatic rings. The minimum absolute atomic E-state index is 0.637. The Balaban J connectivity index is 0.000000383. The van der Waals surface area contributed by atoms with Gasteiger partial charge in [-0.05, 0) is 23.6 Å². The van der Waals surface area contributed by atoms with Gasteiger partial charge in [0.2, 0.25) is 0 Å². The first-order valence-electron chi connectivity index (χ1n) is 8.06. The van der Waals surface area contributed by atoms with E-state index in [0.717, 1.165) is 12.2 Å². The van der Waals surface area contributed by atoms with E-state index in [9.17, 15) is 0 Å². The minimum atomic E-state index is 0.637. The van der Waals surface area contributed by atoms with E-state index >= 15 is 0 Å². The number of hydrogen-bond acceptors (Lipinski definition) is 1. The largest absolute Gasteiger partial charge is 0.489 e. The Kier molecular flexibility index (Phi) is 9.03. The van der Waals surface area contributed by atoms with Gasteiger partial charge in [-0.2, -0.15) is 0 Å². The summed E-state index contributed by atoms with van der Waals surface area (Å²) in [4.78, 5) is 0. The topological polar surface area (TPSA) is 9.23 Å². The molecule has 0 spiro atoms. The number of ether oxygens (including phenoxy) is 1. The van der Waals surface area contributed by atoms with Crippen molar-refractivity contribution in [3.8, 4) is 5.75 Å². The zero-order chi connectivity index (χ0) is 15.3. The van der Waals surface area contributed by atoms with Crippen molar-refractivity contribution >= 4 is 0 Å². The molecule has 0 N–H and O–H groups in total. The van der Waals surface area contributed by atoms with Crippen LogP contribution in [0.5, 0.6) is 5.75 Å². The first-order chi connectivity index (χ1) is 10.3. The van der Waals surface area contributed by atoms with Gasteiger partial charge in [-0.3, -0.25) is 0 Å². The standard InChI is InChI=1S/C15H16O.C5H12/c1-2-14-10-6-7-11-15(14)16-12-13-8-4-3-5-9-13;1-3-5-4-2/h3-11H,2,12H2,1H3;3-5H2,1-2H3. The molecule has 0 bridgehead atoms. The average molecular weight is 284 g/mol. The van der Waals surface area contributed by atoms with E-state index in [1.54, 1.807) is 0 Å². The number of para-hydroxylation sites is 1. The van der Waals surface area contributed by atoms with Crippen molar-refractivity contribution < 1.29 is 4.74 Å². The predicted octanol–water partition coefficient (Wildman–Crippen LogP) is 6.02. The molecule has 0 radical (unpaired) electrons. The maximum atomic E-state index is 5.81. The van der Waals surface area contributed by atoms with Crippen LogP contribution in [0.25, 0.3) is 0 Å². The Hall–Kier alpha value is -1.76. The molecule has 2 aromatic rings. The first-order valence-corrected chi connectivity index (χ1v) is 8.06. The highest BCUT2D eigenvalue weighted by atomic mass is 16.5. The van der Waals surface area contributed by atoms with Crippen LogP contribution >= 0.6 is 0 Å². The summed E-state index contributed by atoms with van der Waals surface area (Å²) in [6, 6.07) is 18.4. The summed E-state index contributed by atoms with van der Waals surface area (Å²) in [5.74, 6) is 0.994. The van der Waals surface area contributed by atoms with E-state index in [4.69, 9.17) is 4.74 Å². The molecular formula is C20H28O. The lowest BCUT2D eigenvalue weighted by atomic mass is 10.1. The van der Waals surface area contributed by atoms with Gasteiger partial charge in [0.25, 0.3) is 0 Å². The Morgan fingerprint density at radius 1 is 0.762 bits per heavy atom. The Morgan fingerprint density at radius 3 is 1.95 bits per heavy atom. The molecular weight excluding hydrogens is 256 g/mol. The number of hydrogen-bond donors (Lipinski definition) is 0. The second-order valence-electron chi connectivity index (χ2n) is 5.09. The van der Waals surface area contributed by atoms with Crippen molar-refractivity contribution in [2.24, 2.45) is 0 Å². The smallest absolute Gasteiger partial charge is 0.122 e. The van der Waals surface area contributed by atoms with Crippen LogP contribution in [0.4, 0.5) is 0 Å². The van der Waals surface area contributed by atoms with Crippen LogP contribution in [-0.4, -0.2) is 0 Å². The van der Waals surface area contributed by atoms with E-state index in [0.29, 0.717) is 6.61 Å². The molecule has 0 atom stereocenters. The zero-order valence-corrected chi connectivity index (χ0v) is 13.6. The first kappa shape index (κ1) is 17.3. The zero-order valence-electron chi connectivity index (χ0n) is 13.6. The lowest BCUT2D eigenvalue weighted by molar-refractivity contribution is 0.303.